The summed E-state index contributed by atoms with van der Waals surface area (Å²) in [7, 11) is 1.47. The fraction of sp³-hybridized carbons (Fsp3) is 0.571. The highest BCUT2D eigenvalue weighted by Crippen LogP contribution is 2.18. The molecule has 1 aromatic rings. The molecule has 1 heterocycles. The third kappa shape index (κ3) is 3.68. The number of nitrogens with one attached hydrogen (secondary N) is 1. The van der Waals surface area contributed by atoms with Crippen LogP contribution in [0.1, 0.15) is 24.8 Å². The van der Waals surface area contributed by atoms with Gasteiger partial charge in [0.2, 0.25) is 0 Å². The number of methoxy groups -OCH3 is 1. The Balaban J connectivity index is 1.71. The van der Waals surface area contributed by atoms with E-state index < -0.39 is 0 Å². The van der Waals surface area contributed by atoms with Gasteiger partial charge in [-0.2, -0.15) is 0 Å². The molecule has 0 radical (unpaired) electrons. The van der Waals surface area contributed by atoms with Gasteiger partial charge in [-0.25, -0.2) is 4.39 Å². The first-order valence-corrected chi connectivity index (χ1v) is 6.44. The van der Waals surface area contributed by atoms with Crippen molar-refractivity contribution < 1.29 is 13.9 Å². The summed E-state index contributed by atoms with van der Waals surface area (Å²) in [5.41, 5.74) is 0.931. The summed E-state index contributed by atoms with van der Waals surface area (Å²) >= 11 is 0. The molecule has 0 spiro atoms. The standard InChI is InChI=1S/C14H20FNO2/c1-17-14-5-4-11(9-13(14)15)10-16-7-6-12-3-2-8-18-12/h4-5,9,12,16H,2-3,6-8,10H2,1H3. The van der Waals surface area contributed by atoms with Gasteiger partial charge in [0, 0.05) is 13.2 Å². The van der Waals surface area contributed by atoms with E-state index in [9.17, 15) is 4.39 Å². The average molecular weight is 253 g/mol. The summed E-state index contributed by atoms with van der Waals surface area (Å²) in [6.45, 7) is 2.47. The predicted molar refractivity (Wildman–Crippen MR) is 68.2 cm³/mol. The molecule has 3 nitrogen and oxygen atoms in total. The lowest BCUT2D eigenvalue weighted by molar-refractivity contribution is 0.104. The first kappa shape index (κ1) is 13.3. The van der Waals surface area contributed by atoms with Crippen molar-refractivity contribution in [3.63, 3.8) is 0 Å². The molecule has 0 aromatic heterocycles. The van der Waals surface area contributed by atoms with E-state index in [1.54, 1.807) is 6.07 Å². The SMILES string of the molecule is COc1ccc(CNCCC2CCCO2)cc1F. The maximum atomic E-state index is 13.4. The summed E-state index contributed by atoms with van der Waals surface area (Å²) in [5.74, 6) is -0.0194. The van der Waals surface area contributed by atoms with Gasteiger partial charge >= 0.3 is 0 Å². The second-order valence-electron chi connectivity index (χ2n) is 4.57. The lowest BCUT2D eigenvalue weighted by Gasteiger charge is -2.10. The number of ether oxygens (including phenoxy) is 2. The van der Waals surface area contributed by atoms with Gasteiger partial charge in [0.15, 0.2) is 11.6 Å². The van der Waals surface area contributed by atoms with E-state index in [0.29, 0.717) is 12.6 Å². The second kappa shape index (κ2) is 6.71. The molecule has 1 aliphatic heterocycles. The minimum absolute atomic E-state index is 0.290. The zero-order valence-corrected chi connectivity index (χ0v) is 10.7. The van der Waals surface area contributed by atoms with Crippen molar-refractivity contribution in [2.45, 2.75) is 31.9 Å². The van der Waals surface area contributed by atoms with Gasteiger partial charge < -0.3 is 14.8 Å². The molecule has 18 heavy (non-hydrogen) atoms. The monoisotopic (exact) mass is 253 g/mol. The van der Waals surface area contributed by atoms with Crippen LogP contribution in [0.15, 0.2) is 18.2 Å². The number of rotatable bonds is 6. The maximum Gasteiger partial charge on any atom is 0.165 e. The van der Waals surface area contributed by atoms with E-state index in [1.807, 2.05) is 6.07 Å². The first-order chi connectivity index (χ1) is 8.79. The molecule has 1 aliphatic rings. The van der Waals surface area contributed by atoms with E-state index in [0.717, 1.165) is 25.1 Å². The molecule has 2 rings (SSSR count). The zero-order valence-electron chi connectivity index (χ0n) is 10.7. The average Bonchev–Trinajstić information content (AvgIpc) is 2.88. The van der Waals surface area contributed by atoms with Crippen LogP contribution in [0.4, 0.5) is 4.39 Å². The number of benzene rings is 1. The lowest BCUT2D eigenvalue weighted by atomic mass is 10.1. The Morgan fingerprint density at radius 2 is 2.39 bits per heavy atom. The zero-order chi connectivity index (χ0) is 12.8. The van der Waals surface area contributed by atoms with Crippen molar-refractivity contribution in [3.8, 4) is 5.75 Å². The van der Waals surface area contributed by atoms with Crippen molar-refractivity contribution in [2.24, 2.45) is 0 Å². The van der Waals surface area contributed by atoms with Crippen LogP contribution in [0.3, 0.4) is 0 Å². The lowest BCUT2D eigenvalue weighted by Crippen LogP contribution is -2.19. The molecule has 4 heteroatoms. The molecule has 0 bridgehead atoms. The van der Waals surface area contributed by atoms with Crippen LogP contribution < -0.4 is 10.1 Å². The van der Waals surface area contributed by atoms with Crippen LogP contribution in [0.25, 0.3) is 0 Å². The topological polar surface area (TPSA) is 30.5 Å². The maximum absolute atomic E-state index is 13.4. The molecule has 1 saturated heterocycles. The van der Waals surface area contributed by atoms with E-state index in [4.69, 9.17) is 9.47 Å². The smallest absolute Gasteiger partial charge is 0.165 e. The van der Waals surface area contributed by atoms with Gasteiger partial charge in [0.25, 0.3) is 0 Å². The predicted octanol–water partition coefficient (Wildman–Crippen LogP) is 2.49. The van der Waals surface area contributed by atoms with Crippen LogP contribution in [-0.2, 0) is 11.3 Å². The Bertz CT molecular complexity index is 378. The Labute approximate surface area is 107 Å². The van der Waals surface area contributed by atoms with Gasteiger partial charge in [-0.3, -0.25) is 0 Å². The highest BCUT2D eigenvalue weighted by molar-refractivity contribution is 5.29. The normalized spacial score (nSPS) is 19.1. The molecule has 1 atom stereocenters. The summed E-state index contributed by atoms with van der Waals surface area (Å²) in [6, 6.07) is 5.05. The van der Waals surface area contributed by atoms with Gasteiger partial charge in [0.1, 0.15) is 0 Å². The van der Waals surface area contributed by atoms with E-state index in [-0.39, 0.29) is 11.6 Å². The molecular formula is C14H20FNO2. The number of hydrogen-bond donors (Lipinski definition) is 1. The van der Waals surface area contributed by atoms with Gasteiger partial charge in [-0.15, -0.1) is 0 Å². The van der Waals surface area contributed by atoms with E-state index in [1.165, 1.54) is 26.0 Å². The van der Waals surface area contributed by atoms with Crippen LogP contribution in [-0.4, -0.2) is 26.4 Å². The van der Waals surface area contributed by atoms with Crippen molar-refractivity contribution in [1.82, 2.24) is 5.32 Å². The summed E-state index contributed by atoms with van der Waals surface area (Å²) < 4.78 is 23.9. The molecule has 1 fully saturated rings. The molecule has 1 N–H and O–H groups in total. The Kier molecular flexibility index (Phi) is 4.96. The van der Waals surface area contributed by atoms with Crippen molar-refractivity contribution >= 4 is 0 Å². The van der Waals surface area contributed by atoms with Crippen LogP contribution >= 0.6 is 0 Å². The van der Waals surface area contributed by atoms with Crippen LogP contribution in [0.2, 0.25) is 0 Å². The largest absolute Gasteiger partial charge is 0.494 e. The Morgan fingerprint density at radius 1 is 1.50 bits per heavy atom. The fourth-order valence-electron chi connectivity index (χ4n) is 2.19. The summed E-state index contributed by atoms with van der Waals surface area (Å²) in [5, 5.41) is 3.31. The molecule has 0 amide bonds. The highest BCUT2D eigenvalue weighted by Gasteiger charge is 2.14. The molecular weight excluding hydrogens is 233 g/mol. The van der Waals surface area contributed by atoms with Crippen LogP contribution in [0, 0.1) is 5.82 Å². The summed E-state index contributed by atoms with van der Waals surface area (Å²) in [6.07, 6.45) is 3.77. The third-order valence-corrected chi connectivity index (χ3v) is 3.21. The quantitative estimate of drug-likeness (QED) is 0.790. The second-order valence-corrected chi connectivity index (χ2v) is 4.57. The van der Waals surface area contributed by atoms with Crippen molar-refractivity contribution in [2.75, 3.05) is 20.3 Å². The minimum Gasteiger partial charge on any atom is -0.494 e. The van der Waals surface area contributed by atoms with Crippen molar-refractivity contribution in [3.05, 3.63) is 29.6 Å². The van der Waals surface area contributed by atoms with Gasteiger partial charge in [0.05, 0.1) is 13.2 Å². The molecule has 100 valence electrons. The number of hydrogen-bond acceptors (Lipinski definition) is 3. The molecule has 1 unspecified atom stereocenters. The highest BCUT2D eigenvalue weighted by atomic mass is 19.1. The van der Waals surface area contributed by atoms with E-state index in [2.05, 4.69) is 5.32 Å². The van der Waals surface area contributed by atoms with Gasteiger partial charge in [-0.1, -0.05) is 6.07 Å². The fourth-order valence-corrected chi connectivity index (χ4v) is 2.19. The summed E-state index contributed by atoms with van der Waals surface area (Å²) in [4.78, 5) is 0. The van der Waals surface area contributed by atoms with Gasteiger partial charge in [-0.05, 0) is 43.5 Å². The third-order valence-electron chi connectivity index (χ3n) is 3.21. The minimum atomic E-state index is -0.309. The Hall–Kier alpha value is -1.13. The first-order valence-electron chi connectivity index (χ1n) is 6.44. The van der Waals surface area contributed by atoms with E-state index >= 15 is 0 Å². The number of halogens is 1. The molecule has 1 aromatic carbocycles. The molecule has 0 aliphatic carbocycles. The van der Waals surface area contributed by atoms with Crippen molar-refractivity contribution in [1.29, 1.82) is 0 Å². The molecule has 0 saturated carbocycles. The van der Waals surface area contributed by atoms with Crippen LogP contribution in [0.5, 0.6) is 5.75 Å². The Morgan fingerprint density at radius 3 is 3.06 bits per heavy atom.